The van der Waals surface area contributed by atoms with Crippen LogP contribution in [0, 0.1) is 0 Å². The van der Waals surface area contributed by atoms with Crippen LogP contribution in [-0.4, -0.2) is 36.1 Å². The first-order valence-corrected chi connectivity index (χ1v) is 4.79. The van der Waals surface area contributed by atoms with Gasteiger partial charge in [0, 0.05) is 19.1 Å². The van der Waals surface area contributed by atoms with Crippen LogP contribution >= 0.6 is 0 Å². The monoisotopic (exact) mass is 193 g/mol. The normalized spacial score (nSPS) is 21.5. The van der Waals surface area contributed by atoms with Crippen LogP contribution in [0.2, 0.25) is 0 Å². The van der Waals surface area contributed by atoms with Gasteiger partial charge in [0.2, 0.25) is 5.95 Å². The molecule has 0 spiro atoms. The van der Waals surface area contributed by atoms with Gasteiger partial charge in [-0.05, 0) is 13.5 Å². The molecule has 5 heteroatoms. The van der Waals surface area contributed by atoms with Crippen molar-refractivity contribution in [1.29, 1.82) is 0 Å². The van der Waals surface area contributed by atoms with E-state index in [0.29, 0.717) is 11.7 Å². The van der Waals surface area contributed by atoms with Gasteiger partial charge >= 0.3 is 0 Å². The summed E-state index contributed by atoms with van der Waals surface area (Å²) in [5, 5.41) is 3.25. The number of anilines is 2. The summed E-state index contributed by atoms with van der Waals surface area (Å²) in [7, 11) is 1.98. The van der Waals surface area contributed by atoms with Gasteiger partial charge in [-0.1, -0.05) is 0 Å². The van der Waals surface area contributed by atoms with Crippen molar-refractivity contribution in [3.63, 3.8) is 0 Å². The van der Waals surface area contributed by atoms with Crippen molar-refractivity contribution in [1.82, 2.24) is 15.3 Å². The molecule has 76 valence electrons. The summed E-state index contributed by atoms with van der Waals surface area (Å²) in [5.41, 5.74) is 6.13. The highest BCUT2D eigenvalue weighted by Gasteiger charge is 2.22. The van der Waals surface area contributed by atoms with Crippen LogP contribution < -0.4 is 16.0 Å². The molecule has 0 aliphatic carbocycles. The highest BCUT2D eigenvalue weighted by atomic mass is 15.3. The summed E-state index contributed by atoms with van der Waals surface area (Å²) in [4.78, 5) is 10.5. The van der Waals surface area contributed by atoms with Crippen LogP contribution in [0.4, 0.5) is 11.6 Å². The van der Waals surface area contributed by atoms with Gasteiger partial charge < -0.3 is 16.0 Å². The maximum atomic E-state index is 5.52. The van der Waals surface area contributed by atoms with Crippen molar-refractivity contribution in [3.8, 4) is 0 Å². The predicted molar refractivity (Wildman–Crippen MR) is 56.1 cm³/mol. The lowest BCUT2D eigenvalue weighted by Crippen LogP contribution is -2.30. The molecule has 0 bridgehead atoms. The summed E-state index contributed by atoms with van der Waals surface area (Å²) in [6.45, 7) is 1.98. The first-order valence-electron chi connectivity index (χ1n) is 4.79. The Morgan fingerprint density at radius 2 is 2.21 bits per heavy atom. The number of nitrogens with two attached hydrogens (primary N) is 1. The van der Waals surface area contributed by atoms with Crippen LogP contribution in [0.5, 0.6) is 0 Å². The van der Waals surface area contributed by atoms with E-state index in [1.807, 2.05) is 7.05 Å². The molecular weight excluding hydrogens is 178 g/mol. The van der Waals surface area contributed by atoms with Gasteiger partial charge in [0.05, 0.1) is 18.1 Å². The topological polar surface area (TPSA) is 67.1 Å². The standard InChI is InChI=1S/C9H15N5/c1-11-8-2-3-14(6-8)9-12-4-7(10)5-13-9/h4-5,8,11H,2-3,6,10H2,1H3. The summed E-state index contributed by atoms with van der Waals surface area (Å²) in [6, 6.07) is 0.552. The molecule has 0 amide bonds. The van der Waals surface area contributed by atoms with Crippen molar-refractivity contribution < 1.29 is 0 Å². The Balaban J connectivity index is 2.06. The Morgan fingerprint density at radius 1 is 1.50 bits per heavy atom. The predicted octanol–water partition coefficient (Wildman–Crippen LogP) is -0.143. The smallest absolute Gasteiger partial charge is 0.225 e. The van der Waals surface area contributed by atoms with Crippen LogP contribution in [0.3, 0.4) is 0 Å². The molecule has 0 aromatic carbocycles. The molecule has 0 radical (unpaired) electrons. The Hall–Kier alpha value is -1.36. The quantitative estimate of drug-likeness (QED) is 0.684. The van der Waals surface area contributed by atoms with Gasteiger partial charge in [0.15, 0.2) is 0 Å². The third-order valence-corrected chi connectivity index (χ3v) is 2.54. The Labute approximate surface area is 83.3 Å². The maximum Gasteiger partial charge on any atom is 0.225 e. The minimum atomic E-state index is 0.552. The van der Waals surface area contributed by atoms with Crippen molar-refractivity contribution >= 4 is 11.6 Å². The second kappa shape index (κ2) is 3.79. The van der Waals surface area contributed by atoms with Gasteiger partial charge in [-0.2, -0.15) is 0 Å². The van der Waals surface area contributed by atoms with Gasteiger partial charge in [0.25, 0.3) is 0 Å². The average Bonchev–Trinajstić information content (AvgIpc) is 2.67. The fourth-order valence-corrected chi connectivity index (χ4v) is 1.67. The second-order valence-corrected chi connectivity index (χ2v) is 3.54. The van der Waals surface area contributed by atoms with E-state index >= 15 is 0 Å². The number of nitrogens with one attached hydrogen (secondary N) is 1. The number of rotatable bonds is 2. The summed E-state index contributed by atoms with van der Waals surface area (Å²) < 4.78 is 0. The molecule has 0 saturated carbocycles. The molecule has 1 atom stereocenters. The van der Waals surface area contributed by atoms with E-state index in [0.717, 1.165) is 25.5 Å². The third kappa shape index (κ3) is 1.77. The summed E-state index contributed by atoms with van der Waals surface area (Å²) in [6.07, 6.45) is 4.44. The molecule has 14 heavy (non-hydrogen) atoms. The summed E-state index contributed by atoms with van der Waals surface area (Å²) in [5.74, 6) is 0.775. The first-order chi connectivity index (χ1) is 6.79. The molecule has 3 N–H and O–H groups in total. The number of likely N-dealkylation sites (N-methyl/N-ethyl adjacent to an activating group) is 1. The second-order valence-electron chi connectivity index (χ2n) is 3.54. The SMILES string of the molecule is CNC1CCN(c2ncc(N)cn2)C1. The molecule has 2 rings (SSSR count). The van der Waals surface area contributed by atoms with E-state index in [2.05, 4.69) is 20.2 Å². The molecule has 1 saturated heterocycles. The Morgan fingerprint density at radius 3 is 2.79 bits per heavy atom. The fourth-order valence-electron chi connectivity index (χ4n) is 1.67. The van der Waals surface area contributed by atoms with E-state index in [1.165, 1.54) is 0 Å². The lowest BCUT2D eigenvalue weighted by molar-refractivity contribution is 0.616. The number of aromatic nitrogens is 2. The molecule has 1 aliphatic rings. The molecular formula is C9H15N5. The van der Waals surface area contributed by atoms with Gasteiger partial charge in [-0.3, -0.25) is 0 Å². The van der Waals surface area contributed by atoms with Crippen molar-refractivity contribution in [3.05, 3.63) is 12.4 Å². The molecule has 1 aliphatic heterocycles. The lowest BCUT2D eigenvalue weighted by Gasteiger charge is -2.15. The summed E-state index contributed by atoms with van der Waals surface area (Å²) >= 11 is 0. The Bertz CT molecular complexity index is 297. The zero-order valence-electron chi connectivity index (χ0n) is 8.27. The zero-order valence-corrected chi connectivity index (χ0v) is 8.27. The number of nitrogen functional groups attached to an aromatic ring is 1. The first kappa shape index (κ1) is 9.21. The van der Waals surface area contributed by atoms with E-state index in [9.17, 15) is 0 Å². The van der Waals surface area contributed by atoms with Crippen LogP contribution in [-0.2, 0) is 0 Å². The molecule has 5 nitrogen and oxygen atoms in total. The highest BCUT2D eigenvalue weighted by Crippen LogP contribution is 2.15. The van der Waals surface area contributed by atoms with Crippen molar-refractivity contribution in [2.75, 3.05) is 30.8 Å². The third-order valence-electron chi connectivity index (χ3n) is 2.54. The van der Waals surface area contributed by atoms with Crippen LogP contribution in [0.1, 0.15) is 6.42 Å². The highest BCUT2D eigenvalue weighted by molar-refractivity contribution is 5.38. The van der Waals surface area contributed by atoms with E-state index in [4.69, 9.17) is 5.73 Å². The minimum absolute atomic E-state index is 0.552. The maximum absolute atomic E-state index is 5.52. The number of nitrogens with zero attached hydrogens (tertiary/aromatic N) is 3. The van der Waals surface area contributed by atoms with Gasteiger partial charge in [0.1, 0.15) is 0 Å². The minimum Gasteiger partial charge on any atom is -0.396 e. The molecule has 1 aromatic rings. The molecule has 1 fully saturated rings. The molecule has 2 heterocycles. The van der Waals surface area contributed by atoms with Crippen molar-refractivity contribution in [2.24, 2.45) is 0 Å². The fraction of sp³-hybridized carbons (Fsp3) is 0.556. The molecule has 1 unspecified atom stereocenters. The largest absolute Gasteiger partial charge is 0.396 e. The van der Waals surface area contributed by atoms with Gasteiger partial charge in [-0.25, -0.2) is 9.97 Å². The lowest BCUT2D eigenvalue weighted by atomic mass is 10.3. The average molecular weight is 193 g/mol. The Kier molecular flexibility index (Phi) is 2.49. The van der Waals surface area contributed by atoms with E-state index in [-0.39, 0.29) is 0 Å². The number of hydrogen-bond donors (Lipinski definition) is 2. The van der Waals surface area contributed by atoms with Gasteiger partial charge in [-0.15, -0.1) is 0 Å². The van der Waals surface area contributed by atoms with Crippen LogP contribution in [0.25, 0.3) is 0 Å². The number of hydrogen-bond acceptors (Lipinski definition) is 5. The molecule has 1 aromatic heterocycles. The van der Waals surface area contributed by atoms with Crippen molar-refractivity contribution in [2.45, 2.75) is 12.5 Å². The van der Waals surface area contributed by atoms with E-state index < -0.39 is 0 Å². The van der Waals surface area contributed by atoms with E-state index in [1.54, 1.807) is 12.4 Å². The zero-order chi connectivity index (χ0) is 9.97. The van der Waals surface area contributed by atoms with Crippen LogP contribution in [0.15, 0.2) is 12.4 Å².